The molecule has 0 atom stereocenters. The molecule has 0 amide bonds. The molecule has 0 saturated carbocycles. The fraction of sp³-hybridized carbons (Fsp3) is 0.526. The highest BCUT2D eigenvalue weighted by atomic mass is 32.2. The Labute approximate surface area is 143 Å². The summed E-state index contributed by atoms with van der Waals surface area (Å²) in [5, 5.41) is 1.22. The summed E-state index contributed by atoms with van der Waals surface area (Å²) in [5.41, 5.74) is 2.53. The maximum absolute atomic E-state index is 5.45. The van der Waals surface area contributed by atoms with Crippen LogP contribution in [0.1, 0.15) is 59.3 Å². The van der Waals surface area contributed by atoms with E-state index in [0.29, 0.717) is 0 Å². The minimum absolute atomic E-state index is 1.02. The summed E-state index contributed by atoms with van der Waals surface area (Å²) in [5.74, 6) is 2.75. The Morgan fingerprint density at radius 2 is 2.14 bits per heavy atom. The second-order valence-corrected chi connectivity index (χ2v) is 7.42. The highest BCUT2D eigenvalue weighted by molar-refractivity contribution is 8.00. The molecule has 1 aromatic heterocycles. The van der Waals surface area contributed by atoms with Crippen molar-refractivity contribution in [3.05, 3.63) is 21.5 Å². The summed E-state index contributed by atoms with van der Waals surface area (Å²) in [6.07, 6.45) is 18.7. The van der Waals surface area contributed by atoms with Gasteiger partial charge in [-0.3, -0.25) is 0 Å². The van der Waals surface area contributed by atoms with Crippen LogP contribution in [-0.2, 0) is 0 Å². The average molecular weight is 334 g/mol. The largest absolute Gasteiger partial charge is 0.230 e. The van der Waals surface area contributed by atoms with Crippen LogP contribution in [0.25, 0.3) is 11.6 Å². The lowest BCUT2D eigenvalue weighted by Gasteiger charge is -1.98. The van der Waals surface area contributed by atoms with Crippen molar-refractivity contribution < 1.29 is 0 Å². The fourth-order valence-corrected chi connectivity index (χ4v) is 3.96. The number of aromatic nitrogens is 1. The first-order valence-corrected chi connectivity index (χ1v) is 10.0. The lowest BCUT2D eigenvalue weighted by atomic mass is 10.1. The van der Waals surface area contributed by atoms with Crippen molar-refractivity contribution in [1.82, 2.24) is 4.98 Å². The van der Waals surface area contributed by atoms with Gasteiger partial charge in [0.25, 0.3) is 0 Å². The lowest BCUT2D eigenvalue weighted by molar-refractivity contribution is 0.764. The van der Waals surface area contributed by atoms with Crippen molar-refractivity contribution in [3.8, 4) is 12.3 Å². The molecular formula is C19H27NS2. The molecule has 0 aromatic carbocycles. The lowest BCUT2D eigenvalue weighted by Crippen LogP contribution is -2.23. The highest BCUT2D eigenvalue weighted by Crippen LogP contribution is 2.13. The molecule has 1 nitrogen and oxygen atoms in total. The Morgan fingerprint density at radius 1 is 1.36 bits per heavy atom. The maximum atomic E-state index is 5.45. The smallest absolute Gasteiger partial charge is 0.150 e. The molecule has 0 aliphatic heterocycles. The molecule has 0 unspecified atom stereocenters. The Morgan fingerprint density at radius 3 is 2.73 bits per heavy atom. The van der Waals surface area contributed by atoms with Crippen molar-refractivity contribution in [3.63, 3.8) is 0 Å². The summed E-state index contributed by atoms with van der Waals surface area (Å²) in [7, 11) is 0. The number of nitrogens with zero attached hydrogens (tertiary/aromatic N) is 1. The first kappa shape index (κ1) is 19.1. The van der Waals surface area contributed by atoms with Crippen LogP contribution >= 0.6 is 23.1 Å². The van der Waals surface area contributed by atoms with Gasteiger partial charge in [-0.05, 0) is 63.4 Å². The zero-order valence-electron chi connectivity index (χ0n) is 14.2. The van der Waals surface area contributed by atoms with Crippen LogP contribution in [-0.4, -0.2) is 11.2 Å². The van der Waals surface area contributed by atoms with Gasteiger partial charge in [-0.1, -0.05) is 43.2 Å². The number of terminal acetylenes is 1. The molecule has 1 aromatic rings. The van der Waals surface area contributed by atoms with Crippen LogP contribution in [0.2, 0.25) is 0 Å². The van der Waals surface area contributed by atoms with E-state index in [4.69, 9.17) is 11.4 Å². The average Bonchev–Trinajstić information content (AvgIpc) is 2.94. The minimum Gasteiger partial charge on any atom is -0.230 e. The van der Waals surface area contributed by atoms with Gasteiger partial charge >= 0.3 is 0 Å². The van der Waals surface area contributed by atoms with E-state index in [2.05, 4.69) is 32.1 Å². The predicted molar refractivity (Wildman–Crippen MR) is 103 cm³/mol. The number of allylic oxidation sites excluding steroid dienone is 2. The zero-order valence-corrected chi connectivity index (χ0v) is 15.9. The van der Waals surface area contributed by atoms with Crippen LogP contribution in [0.5, 0.6) is 0 Å². The highest BCUT2D eigenvalue weighted by Gasteiger charge is 2.01. The summed E-state index contributed by atoms with van der Waals surface area (Å²) < 4.78 is 2.51. The second kappa shape index (κ2) is 10.7. The normalized spacial score (nSPS) is 14.1. The monoisotopic (exact) mass is 333 g/mol. The molecule has 0 saturated heterocycles. The molecule has 120 valence electrons. The van der Waals surface area contributed by atoms with E-state index in [1.165, 1.54) is 32.6 Å². The number of thiazole rings is 1. The van der Waals surface area contributed by atoms with Gasteiger partial charge in [0.2, 0.25) is 0 Å². The van der Waals surface area contributed by atoms with Crippen LogP contribution < -0.4 is 9.88 Å². The molecule has 1 heterocycles. The molecule has 22 heavy (non-hydrogen) atoms. The van der Waals surface area contributed by atoms with E-state index in [1.54, 1.807) is 11.8 Å². The third-order valence-corrected chi connectivity index (χ3v) is 5.64. The van der Waals surface area contributed by atoms with Gasteiger partial charge in [0.05, 0.1) is 9.88 Å². The van der Waals surface area contributed by atoms with E-state index in [0.717, 1.165) is 31.3 Å². The maximum Gasteiger partial charge on any atom is 0.150 e. The van der Waals surface area contributed by atoms with E-state index >= 15 is 0 Å². The van der Waals surface area contributed by atoms with Crippen LogP contribution in [0, 0.1) is 12.3 Å². The molecule has 0 aliphatic carbocycles. The van der Waals surface area contributed by atoms with Crippen LogP contribution in [0.15, 0.2) is 16.0 Å². The molecule has 0 fully saturated rings. The van der Waals surface area contributed by atoms with E-state index in [1.807, 2.05) is 24.3 Å². The van der Waals surface area contributed by atoms with E-state index in [-0.39, 0.29) is 0 Å². The third-order valence-electron chi connectivity index (χ3n) is 3.60. The number of thioether (sulfide) groups is 1. The van der Waals surface area contributed by atoms with Gasteiger partial charge in [0.1, 0.15) is 0 Å². The SMILES string of the molecule is C#CC(=CC)CCCCC=c1sc(SC)nc1=C(C)CCC. The Bertz CT molecular complexity index is 644. The van der Waals surface area contributed by atoms with Crippen LogP contribution in [0.4, 0.5) is 0 Å². The van der Waals surface area contributed by atoms with Gasteiger partial charge in [-0.25, -0.2) is 4.98 Å². The van der Waals surface area contributed by atoms with Gasteiger partial charge in [-0.15, -0.1) is 17.8 Å². The molecule has 0 N–H and O–H groups in total. The quantitative estimate of drug-likeness (QED) is 0.386. The van der Waals surface area contributed by atoms with E-state index in [9.17, 15) is 0 Å². The minimum atomic E-state index is 1.02. The molecule has 3 heteroatoms. The van der Waals surface area contributed by atoms with E-state index < -0.39 is 0 Å². The fourth-order valence-electron chi connectivity index (χ4n) is 2.33. The molecule has 0 radical (unpaired) electrons. The van der Waals surface area contributed by atoms with Crippen molar-refractivity contribution >= 4 is 34.7 Å². The predicted octanol–water partition coefficient (Wildman–Crippen LogP) is 4.76. The molecule has 0 aliphatic rings. The van der Waals surface area contributed by atoms with Crippen molar-refractivity contribution in [2.24, 2.45) is 0 Å². The molecule has 0 bridgehead atoms. The van der Waals surface area contributed by atoms with Gasteiger partial charge in [0.15, 0.2) is 4.34 Å². The summed E-state index contributed by atoms with van der Waals surface area (Å²) in [6.45, 7) is 6.45. The first-order valence-electron chi connectivity index (χ1n) is 7.98. The second-order valence-electron chi connectivity index (χ2n) is 5.34. The Hall–Kier alpha value is -0.980. The molecular weight excluding hydrogens is 306 g/mol. The third kappa shape index (κ3) is 6.02. The van der Waals surface area contributed by atoms with Gasteiger partial charge in [-0.2, -0.15) is 0 Å². The number of rotatable bonds is 8. The molecule has 1 rings (SSSR count). The summed E-state index contributed by atoms with van der Waals surface area (Å²) in [6, 6.07) is 0. The number of unbranched alkanes of at least 4 members (excludes halogenated alkanes) is 2. The van der Waals surface area contributed by atoms with Crippen LogP contribution in [0.3, 0.4) is 0 Å². The molecule has 0 spiro atoms. The summed E-state index contributed by atoms with van der Waals surface area (Å²) >= 11 is 3.56. The Balaban J connectivity index is 2.77. The van der Waals surface area contributed by atoms with Gasteiger partial charge in [0, 0.05) is 0 Å². The Kier molecular flexibility index (Phi) is 9.27. The van der Waals surface area contributed by atoms with Gasteiger partial charge < -0.3 is 0 Å². The van der Waals surface area contributed by atoms with Crippen molar-refractivity contribution in [2.75, 3.05) is 6.26 Å². The topological polar surface area (TPSA) is 12.9 Å². The standard InChI is InChI=1S/C19H27NS2/c1-6-12-15(4)18-17(22-19(20-18)21-5)14-11-9-10-13-16(7-2)8-3/h2,8,14H,6,9-13H2,1,3-5H3. The first-order chi connectivity index (χ1) is 10.7. The van der Waals surface area contributed by atoms with Crippen molar-refractivity contribution in [1.29, 1.82) is 0 Å². The summed E-state index contributed by atoms with van der Waals surface area (Å²) in [4.78, 5) is 4.78. The zero-order chi connectivity index (χ0) is 16.4. The number of hydrogen-bond acceptors (Lipinski definition) is 3. The van der Waals surface area contributed by atoms with Crippen molar-refractivity contribution in [2.45, 2.75) is 63.6 Å². The number of hydrogen-bond donors (Lipinski definition) is 0.